The van der Waals surface area contributed by atoms with Gasteiger partial charge in [0.2, 0.25) is 0 Å². The minimum absolute atomic E-state index is 0.311. The standard InChI is InChI=1S/C19H19F3N6O/c1-12-7-9-28(10-8-12)16-6-5-15-17(24-16)18(26-27-25-15)23-13-3-2-4-14(11-13)29-19(20,21)22/h2-6,11-12H,7-10H2,1H3,(H,23,25,26). The zero-order chi connectivity index (χ0) is 20.4. The number of hydrogen-bond donors (Lipinski definition) is 1. The van der Waals surface area contributed by atoms with Gasteiger partial charge in [0.05, 0.1) is 0 Å². The van der Waals surface area contributed by atoms with Crippen LogP contribution >= 0.6 is 0 Å². The molecule has 0 atom stereocenters. The van der Waals surface area contributed by atoms with Crippen molar-refractivity contribution >= 4 is 28.4 Å². The largest absolute Gasteiger partial charge is 0.573 e. The van der Waals surface area contributed by atoms with Crippen molar-refractivity contribution in [3.8, 4) is 5.75 Å². The highest BCUT2D eigenvalue weighted by Crippen LogP contribution is 2.29. The zero-order valence-electron chi connectivity index (χ0n) is 15.6. The first kappa shape index (κ1) is 19.2. The minimum atomic E-state index is -4.76. The lowest BCUT2D eigenvalue weighted by Crippen LogP contribution is -2.33. The number of benzene rings is 1. The van der Waals surface area contributed by atoms with Crippen LogP contribution in [0.1, 0.15) is 19.8 Å². The molecule has 1 fully saturated rings. The van der Waals surface area contributed by atoms with E-state index in [-0.39, 0.29) is 5.75 Å². The molecule has 4 rings (SSSR count). The Labute approximate surface area is 164 Å². The van der Waals surface area contributed by atoms with Crippen LogP contribution in [0.5, 0.6) is 5.75 Å². The summed E-state index contributed by atoms with van der Waals surface area (Å²) < 4.78 is 41.4. The number of nitrogens with one attached hydrogen (secondary N) is 1. The van der Waals surface area contributed by atoms with Gasteiger partial charge < -0.3 is 15.0 Å². The molecule has 0 bridgehead atoms. The SMILES string of the molecule is CC1CCN(c2ccc3nnnc(Nc4cccc(OC(F)(F)F)c4)c3n2)CC1. The second kappa shape index (κ2) is 7.69. The molecule has 0 spiro atoms. The van der Waals surface area contributed by atoms with Crippen molar-refractivity contribution in [1.82, 2.24) is 20.4 Å². The van der Waals surface area contributed by atoms with Crippen LogP contribution in [0.2, 0.25) is 0 Å². The Balaban J connectivity index is 1.62. The molecule has 152 valence electrons. The highest BCUT2D eigenvalue weighted by Gasteiger charge is 2.31. The number of alkyl halides is 3. The monoisotopic (exact) mass is 404 g/mol. The molecule has 3 aromatic rings. The smallest absolute Gasteiger partial charge is 0.406 e. The van der Waals surface area contributed by atoms with Crippen molar-refractivity contribution in [3.63, 3.8) is 0 Å². The number of anilines is 3. The van der Waals surface area contributed by atoms with E-state index in [2.05, 4.69) is 42.3 Å². The Morgan fingerprint density at radius 2 is 1.90 bits per heavy atom. The summed E-state index contributed by atoms with van der Waals surface area (Å²) in [5.74, 6) is 1.50. The average molecular weight is 404 g/mol. The molecule has 0 saturated carbocycles. The van der Waals surface area contributed by atoms with Crippen LogP contribution in [0.3, 0.4) is 0 Å². The van der Waals surface area contributed by atoms with Crippen LogP contribution < -0.4 is 15.0 Å². The normalized spacial score (nSPS) is 15.5. The predicted molar refractivity (Wildman–Crippen MR) is 102 cm³/mol. The van der Waals surface area contributed by atoms with Crippen LogP contribution in [0.25, 0.3) is 11.0 Å². The van der Waals surface area contributed by atoms with E-state index < -0.39 is 6.36 Å². The summed E-state index contributed by atoms with van der Waals surface area (Å²) in [5, 5.41) is 14.7. The van der Waals surface area contributed by atoms with Gasteiger partial charge in [-0.25, -0.2) is 4.98 Å². The van der Waals surface area contributed by atoms with E-state index in [4.69, 9.17) is 0 Å². The second-order valence-corrected chi connectivity index (χ2v) is 7.05. The van der Waals surface area contributed by atoms with Gasteiger partial charge >= 0.3 is 6.36 Å². The molecular weight excluding hydrogens is 385 g/mol. The third-order valence-corrected chi connectivity index (χ3v) is 4.82. The molecule has 1 aliphatic rings. The van der Waals surface area contributed by atoms with E-state index in [9.17, 15) is 13.2 Å². The van der Waals surface area contributed by atoms with Gasteiger partial charge in [-0.1, -0.05) is 13.0 Å². The third-order valence-electron chi connectivity index (χ3n) is 4.82. The Morgan fingerprint density at radius 3 is 2.66 bits per heavy atom. The zero-order valence-corrected chi connectivity index (χ0v) is 15.6. The molecule has 1 aromatic carbocycles. The quantitative estimate of drug-likeness (QED) is 0.695. The van der Waals surface area contributed by atoms with E-state index in [0.29, 0.717) is 28.5 Å². The molecule has 1 aliphatic heterocycles. The lowest BCUT2D eigenvalue weighted by molar-refractivity contribution is -0.274. The van der Waals surface area contributed by atoms with Gasteiger partial charge in [0.25, 0.3) is 0 Å². The maximum Gasteiger partial charge on any atom is 0.573 e. The van der Waals surface area contributed by atoms with E-state index in [0.717, 1.165) is 31.7 Å². The minimum Gasteiger partial charge on any atom is -0.406 e. The predicted octanol–water partition coefficient (Wildman–Crippen LogP) is 4.30. The van der Waals surface area contributed by atoms with Crippen molar-refractivity contribution in [3.05, 3.63) is 36.4 Å². The summed E-state index contributed by atoms with van der Waals surface area (Å²) >= 11 is 0. The van der Waals surface area contributed by atoms with E-state index in [1.807, 2.05) is 12.1 Å². The van der Waals surface area contributed by atoms with Gasteiger partial charge in [0.1, 0.15) is 22.6 Å². The number of halogens is 3. The van der Waals surface area contributed by atoms with Gasteiger partial charge in [-0.05, 0) is 48.2 Å². The summed E-state index contributed by atoms with van der Waals surface area (Å²) in [6, 6.07) is 9.23. The number of piperidine rings is 1. The molecule has 0 unspecified atom stereocenters. The van der Waals surface area contributed by atoms with Gasteiger partial charge in [-0.2, -0.15) is 0 Å². The fourth-order valence-corrected chi connectivity index (χ4v) is 3.26. The Morgan fingerprint density at radius 1 is 1.10 bits per heavy atom. The molecule has 0 radical (unpaired) electrons. The van der Waals surface area contributed by atoms with Gasteiger partial charge in [-0.15, -0.1) is 23.4 Å². The first-order valence-corrected chi connectivity index (χ1v) is 9.25. The number of nitrogens with zero attached hydrogens (tertiary/aromatic N) is 5. The molecule has 1 saturated heterocycles. The molecule has 7 nitrogen and oxygen atoms in total. The molecule has 0 aliphatic carbocycles. The maximum atomic E-state index is 12.5. The van der Waals surface area contributed by atoms with E-state index in [1.54, 1.807) is 6.07 Å². The van der Waals surface area contributed by atoms with E-state index in [1.165, 1.54) is 18.2 Å². The first-order chi connectivity index (χ1) is 13.9. The molecule has 29 heavy (non-hydrogen) atoms. The lowest BCUT2D eigenvalue weighted by Gasteiger charge is -2.31. The Hall–Kier alpha value is -3.17. The summed E-state index contributed by atoms with van der Waals surface area (Å²) in [6.07, 6.45) is -2.56. The van der Waals surface area contributed by atoms with Crippen LogP contribution in [0.4, 0.5) is 30.5 Å². The fourth-order valence-electron chi connectivity index (χ4n) is 3.26. The maximum absolute atomic E-state index is 12.5. The van der Waals surface area contributed by atoms with Gasteiger partial charge in [-0.3, -0.25) is 0 Å². The highest BCUT2D eigenvalue weighted by atomic mass is 19.4. The Bertz CT molecular complexity index is 1000. The van der Waals surface area contributed by atoms with Crippen molar-refractivity contribution in [1.29, 1.82) is 0 Å². The highest BCUT2D eigenvalue weighted by molar-refractivity contribution is 5.87. The summed E-state index contributed by atoms with van der Waals surface area (Å²) in [4.78, 5) is 6.90. The second-order valence-electron chi connectivity index (χ2n) is 7.05. The van der Waals surface area contributed by atoms with Crippen LogP contribution in [0, 0.1) is 5.92 Å². The third kappa shape index (κ3) is 4.64. The molecule has 0 amide bonds. The summed E-state index contributed by atoms with van der Waals surface area (Å²) in [7, 11) is 0. The molecular formula is C19H19F3N6O. The topological polar surface area (TPSA) is 76.1 Å². The number of aromatic nitrogens is 4. The number of pyridine rings is 1. The number of ether oxygens (including phenoxy) is 1. The Kier molecular flexibility index (Phi) is 5.08. The molecule has 3 heterocycles. The van der Waals surface area contributed by atoms with Crippen molar-refractivity contribution < 1.29 is 17.9 Å². The summed E-state index contributed by atoms with van der Waals surface area (Å²) in [6.45, 7) is 4.08. The molecule has 1 N–H and O–H groups in total. The number of hydrogen-bond acceptors (Lipinski definition) is 7. The van der Waals surface area contributed by atoms with Crippen LogP contribution in [-0.4, -0.2) is 39.8 Å². The van der Waals surface area contributed by atoms with Gasteiger partial charge in [0.15, 0.2) is 5.82 Å². The van der Waals surface area contributed by atoms with E-state index >= 15 is 0 Å². The van der Waals surface area contributed by atoms with Crippen molar-refractivity contribution in [2.45, 2.75) is 26.1 Å². The molecule has 10 heteroatoms. The summed E-state index contributed by atoms with van der Waals surface area (Å²) in [5.41, 5.74) is 1.41. The van der Waals surface area contributed by atoms with Crippen molar-refractivity contribution in [2.75, 3.05) is 23.3 Å². The van der Waals surface area contributed by atoms with Crippen LogP contribution in [0.15, 0.2) is 36.4 Å². The van der Waals surface area contributed by atoms with Crippen molar-refractivity contribution in [2.24, 2.45) is 5.92 Å². The number of rotatable bonds is 4. The fraction of sp³-hybridized carbons (Fsp3) is 0.368. The molecule has 2 aromatic heterocycles. The lowest BCUT2D eigenvalue weighted by atomic mass is 9.99. The first-order valence-electron chi connectivity index (χ1n) is 9.25. The average Bonchev–Trinajstić information content (AvgIpc) is 2.67. The number of fused-ring (bicyclic) bond motifs is 1. The van der Waals surface area contributed by atoms with Gasteiger partial charge in [0, 0.05) is 24.8 Å². The van der Waals surface area contributed by atoms with Crippen LogP contribution in [-0.2, 0) is 0 Å².